The van der Waals surface area contributed by atoms with Crippen LogP contribution in [0.3, 0.4) is 0 Å². The van der Waals surface area contributed by atoms with Crippen LogP contribution < -0.4 is 11.5 Å². The molecule has 1 heterocycles. The lowest BCUT2D eigenvalue weighted by Crippen LogP contribution is -2.08. The van der Waals surface area contributed by atoms with Gasteiger partial charge in [-0.3, -0.25) is 4.98 Å². The summed E-state index contributed by atoms with van der Waals surface area (Å²) in [5, 5.41) is 0. The highest BCUT2D eigenvalue weighted by Crippen LogP contribution is 1.99. The molecule has 0 saturated heterocycles. The third-order valence-corrected chi connectivity index (χ3v) is 1.67. The molecule has 12 heavy (non-hydrogen) atoms. The second kappa shape index (κ2) is 4.85. The normalized spacial score (nSPS) is 10.2. The minimum absolute atomic E-state index is 0.652. The summed E-state index contributed by atoms with van der Waals surface area (Å²) >= 11 is 0. The van der Waals surface area contributed by atoms with E-state index in [9.17, 15) is 0 Å². The quantitative estimate of drug-likeness (QED) is 0.664. The maximum Gasteiger partial charge on any atom is 0.0419 e. The summed E-state index contributed by atoms with van der Waals surface area (Å²) in [6, 6.07) is 5.99. The van der Waals surface area contributed by atoms with Crippen molar-refractivity contribution in [1.82, 2.24) is 4.98 Å². The first kappa shape index (κ1) is 9.16. The van der Waals surface area contributed by atoms with Crippen molar-refractivity contribution in [3.63, 3.8) is 0 Å². The molecule has 0 aromatic carbocycles. The summed E-state index contributed by atoms with van der Waals surface area (Å²) in [6.07, 6.45) is 1.69. The molecule has 3 heteroatoms. The van der Waals surface area contributed by atoms with Crippen molar-refractivity contribution >= 4 is 0 Å². The van der Waals surface area contributed by atoms with Crippen molar-refractivity contribution in [1.29, 1.82) is 0 Å². The van der Waals surface area contributed by atoms with Gasteiger partial charge in [-0.25, -0.2) is 0 Å². The van der Waals surface area contributed by atoms with Crippen LogP contribution in [0.5, 0.6) is 0 Å². The summed E-state index contributed by atoms with van der Waals surface area (Å²) in [4.78, 5) is 4.39. The predicted molar refractivity (Wildman–Crippen MR) is 49.8 cm³/mol. The summed E-state index contributed by atoms with van der Waals surface area (Å²) in [7, 11) is 0. The molecule has 66 valence electrons. The van der Waals surface area contributed by atoms with Gasteiger partial charge in [0.2, 0.25) is 0 Å². The second-order valence-corrected chi connectivity index (χ2v) is 2.70. The third-order valence-electron chi connectivity index (χ3n) is 1.67. The van der Waals surface area contributed by atoms with Gasteiger partial charge in [0.25, 0.3) is 0 Å². The molecule has 0 unspecified atom stereocenters. The van der Waals surface area contributed by atoms with Crippen molar-refractivity contribution < 1.29 is 0 Å². The van der Waals surface area contributed by atoms with Crippen LogP contribution in [-0.2, 0) is 12.8 Å². The molecule has 0 fully saturated rings. The Hall–Kier alpha value is -0.930. The number of aromatic nitrogens is 1. The topological polar surface area (TPSA) is 64.9 Å². The van der Waals surface area contributed by atoms with Gasteiger partial charge in [0.1, 0.15) is 0 Å². The van der Waals surface area contributed by atoms with E-state index in [1.165, 1.54) is 0 Å². The summed E-state index contributed by atoms with van der Waals surface area (Å²) in [6.45, 7) is 1.30. The Bertz CT molecular complexity index is 214. The Morgan fingerprint density at radius 3 is 1.92 bits per heavy atom. The van der Waals surface area contributed by atoms with Gasteiger partial charge < -0.3 is 11.5 Å². The minimum atomic E-state index is 0.652. The Balaban J connectivity index is 2.67. The van der Waals surface area contributed by atoms with Gasteiger partial charge in [-0.2, -0.15) is 0 Å². The van der Waals surface area contributed by atoms with Gasteiger partial charge in [0.05, 0.1) is 0 Å². The Labute approximate surface area is 72.8 Å². The van der Waals surface area contributed by atoms with Gasteiger partial charge in [0, 0.05) is 24.2 Å². The van der Waals surface area contributed by atoms with E-state index < -0.39 is 0 Å². The maximum absolute atomic E-state index is 5.42. The standard InChI is InChI=1S/C9H15N3/c10-6-4-8-2-1-3-9(12-8)5-7-11/h1-3H,4-7,10-11H2. The molecule has 1 aromatic heterocycles. The molecule has 0 aliphatic heterocycles. The van der Waals surface area contributed by atoms with E-state index in [1.54, 1.807) is 0 Å². The zero-order valence-corrected chi connectivity index (χ0v) is 7.16. The van der Waals surface area contributed by atoms with E-state index in [1.807, 2.05) is 18.2 Å². The summed E-state index contributed by atoms with van der Waals surface area (Å²) < 4.78 is 0. The number of pyridine rings is 1. The molecule has 1 rings (SSSR count). The first-order valence-corrected chi connectivity index (χ1v) is 4.21. The molecular weight excluding hydrogens is 150 g/mol. The van der Waals surface area contributed by atoms with Crippen LogP contribution in [0.25, 0.3) is 0 Å². The van der Waals surface area contributed by atoms with E-state index in [0.717, 1.165) is 24.2 Å². The lowest BCUT2D eigenvalue weighted by Gasteiger charge is -2.01. The zero-order chi connectivity index (χ0) is 8.81. The number of rotatable bonds is 4. The average molecular weight is 165 g/mol. The summed E-state index contributed by atoms with van der Waals surface area (Å²) in [5.74, 6) is 0. The van der Waals surface area contributed by atoms with Crippen molar-refractivity contribution in [2.24, 2.45) is 11.5 Å². The van der Waals surface area contributed by atoms with Crippen LogP contribution >= 0.6 is 0 Å². The molecule has 0 atom stereocenters. The van der Waals surface area contributed by atoms with Gasteiger partial charge in [0.15, 0.2) is 0 Å². The van der Waals surface area contributed by atoms with Crippen molar-refractivity contribution in [2.45, 2.75) is 12.8 Å². The molecule has 0 radical (unpaired) electrons. The monoisotopic (exact) mass is 165 g/mol. The van der Waals surface area contributed by atoms with Crippen molar-refractivity contribution in [3.05, 3.63) is 29.6 Å². The summed E-state index contributed by atoms with van der Waals surface area (Å²) in [5.41, 5.74) is 13.0. The molecular formula is C9H15N3. The third kappa shape index (κ3) is 2.60. The number of hydrogen-bond acceptors (Lipinski definition) is 3. The first-order chi connectivity index (χ1) is 5.86. The van der Waals surface area contributed by atoms with Gasteiger partial charge in [-0.05, 0) is 25.2 Å². The molecule has 0 saturated carbocycles. The molecule has 1 aromatic rings. The predicted octanol–water partition coefficient (Wildman–Crippen LogP) is 0.0840. The fraction of sp³-hybridized carbons (Fsp3) is 0.444. The van der Waals surface area contributed by atoms with Crippen LogP contribution in [0.2, 0.25) is 0 Å². The van der Waals surface area contributed by atoms with Gasteiger partial charge in [-0.1, -0.05) is 6.07 Å². The average Bonchev–Trinajstić information content (AvgIpc) is 2.06. The minimum Gasteiger partial charge on any atom is -0.330 e. The SMILES string of the molecule is NCCc1cccc(CCN)n1. The van der Waals surface area contributed by atoms with Gasteiger partial charge in [-0.15, -0.1) is 0 Å². The van der Waals surface area contributed by atoms with Gasteiger partial charge >= 0.3 is 0 Å². The fourth-order valence-corrected chi connectivity index (χ4v) is 1.10. The molecule has 4 N–H and O–H groups in total. The Morgan fingerprint density at radius 1 is 1.00 bits per heavy atom. The molecule has 3 nitrogen and oxygen atoms in total. The van der Waals surface area contributed by atoms with Crippen LogP contribution in [0.4, 0.5) is 0 Å². The van der Waals surface area contributed by atoms with E-state index in [2.05, 4.69) is 4.98 Å². The zero-order valence-electron chi connectivity index (χ0n) is 7.16. The molecule has 0 aliphatic rings. The highest BCUT2D eigenvalue weighted by atomic mass is 14.7. The van der Waals surface area contributed by atoms with Crippen LogP contribution in [0.15, 0.2) is 18.2 Å². The lowest BCUT2D eigenvalue weighted by atomic mass is 10.2. The van der Waals surface area contributed by atoms with E-state index >= 15 is 0 Å². The van der Waals surface area contributed by atoms with Crippen LogP contribution in [0, 0.1) is 0 Å². The lowest BCUT2D eigenvalue weighted by molar-refractivity contribution is 0.867. The van der Waals surface area contributed by atoms with E-state index in [0.29, 0.717) is 13.1 Å². The number of hydrogen-bond donors (Lipinski definition) is 2. The largest absolute Gasteiger partial charge is 0.330 e. The maximum atomic E-state index is 5.42. The number of nitrogens with zero attached hydrogens (tertiary/aromatic N) is 1. The van der Waals surface area contributed by atoms with Crippen LogP contribution in [-0.4, -0.2) is 18.1 Å². The van der Waals surface area contributed by atoms with Crippen molar-refractivity contribution in [2.75, 3.05) is 13.1 Å². The highest BCUT2D eigenvalue weighted by molar-refractivity contribution is 5.11. The fourth-order valence-electron chi connectivity index (χ4n) is 1.10. The molecule has 0 aliphatic carbocycles. The second-order valence-electron chi connectivity index (χ2n) is 2.70. The van der Waals surface area contributed by atoms with Crippen molar-refractivity contribution in [3.8, 4) is 0 Å². The van der Waals surface area contributed by atoms with E-state index in [4.69, 9.17) is 11.5 Å². The smallest absolute Gasteiger partial charge is 0.0419 e. The van der Waals surface area contributed by atoms with Crippen LogP contribution in [0.1, 0.15) is 11.4 Å². The number of nitrogens with two attached hydrogens (primary N) is 2. The molecule has 0 bridgehead atoms. The first-order valence-electron chi connectivity index (χ1n) is 4.21. The Morgan fingerprint density at radius 2 is 1.50 bits per heavy atom. The Kier molecular flexibility index (Phi) is 3.70. The molecule has 0 amide bonds. The molecule has 0 spiro atoms. The van der Waals surface area contributed by atoms with E-state index in [-0.39, 0.29) is 0 Å². The highest BCUT2D eigenvalue weighted by Gasteiger charge is 1.95.